The lowest BCUT2D eigenvalue weighted by atomic mass is 9.73. The number of nitrogens with one attached hydrogen (secondary N) is 2. The summed E-state index contributed by atoms with van der Waals surface area (Å²) in [5.41, 5.74) is -1.13. The Morgan fingerprint density at radius 3 is 2.74 bits per heavy atom. The minimum Gasteiger partial charge on any atom is -0.479 e. The second-order valence-electron chi connectivity index (χ2n) is 5.00. The standard InChI is InChI=1S/C13H24N2O4/c1-3-19-9-8-14-12(18)15-13(11(16)17)7-5-4-6-10(13)2/h10H,3-9H2,1-2H3,(H,16,17)(H2,14,15,18). The van der Waals surface area contributed by atoms with Gasteiger partial charge in [-0.15, -0.1) is 0 Å². The molecule has 1 fully saturated rings. The molecule has 0 aromatic rings. The second-order valence-corrected chi connectivity index (χ2v) is 5.00. The van der Waals surface area contributed by atoms with Crippen molar-refractivity contribution in [3.8, 4) is 0 Å². The Hall–Kier alpha value is -1.30. The maximum Gasteiger partial charge on any atom is 0.329 e. The number of carbonyl (C=O) groups excluding carboxylic acids is 1. The summed E-state index contributed by atoms with van der Waals surface area (Å²) >= 11 is 0. The zero-order chi connectivity index (χ0) is 14.3. The van der Waals surface area contributed by atoms with Gasteiger partial charge in [-0.25, -0.2) is 9.59 Å². The number of urea groups is 1. The minimum atomic E-state index is -1.13. The van der Waals surface area contributed by atoms with Gasteiger partial charge in [-0.2, -0.15) is 0 Å². The first-order valence-corrected chi connectivity index (χ1v) is 6.90. The Kier molecular flexibility index (Phi) is 6.08. The minimum absolute atomic E-state index is 0.0589. The lowest BCUT2D eigenvalue weighted by Crippen LogP contribution is -2.62. The second kappa shape index (κ2) is 7.33. The Balaban J connectivity index is 2.53. The molecule has 6 nitrogen and oxygen atoms in total. The molecule has 1 aliphatic rings. The van der Waals surface area contributed by atoms with Gasteiger partial charge in [0.15, 0.2) is 0 Å². The van der Waals surface area contributed by atoms with Crippen LogP contribution in [0.25, 0.3) is 0 Å². The molecule has 1 rings (SSSR count). The number of hydrogen-bond acceptors (Lipinski definition) is 3. The fourth-order valence-electron chi connectivity index (χ4n) is 2.53. The van der Waals surface area contributed by atoms with E-state index in [4.69, 9.17) is 4.74 Å². The van der Waals surface area contributed by atoms with Crippen LogP contribution in [0.3, 0.4) is 0 Å². The van der Waals surface area contributed by atoms with Crippen LogP contribution in [0.15, 0.2) is 0 Å². The number of ether oxygens (including phenoxy) is 1. The normalized spacial score (nSPS) is 26.7. The molecule has 110 valence electrons. The van der Waals surface area contributed by atoms with Crippen LogP contribution >= 0.6 is 0 Å². The van der Waals surface area contributed by atoms with Crippen LogP contribution in [0, 0.1) is 5.92 Å². The van der Waals surface area contributed by atoms with Crippen molar-refractivity contribution in [2.75, 3.05) is 19.8 Å². The van der Waals surface area contributed by atoms with Crippen molar-refractivity contribution in [3.05, 3.63) is 0 Å². The highest BCUT2D eigenvalue weighted by atomic mass is 16.5. The number of carboxylic acid groups (broad SMARTS) is 1. The summed E-state index contributed by atoms with van der Waals surface area (Å²) in [4.78, 5) is 23.3. The SMILES string of the molecule is CCOCCNC(=O)NC1(C(=O)O)CCCCC1C. The monoisotopic (exact) mass is 272 g/mol. The van der Waals surface area contributed by atoms with Crippen LogP contribution in [-0.2, 0) is 9.53 Å². The predicted molar refractivity (Wildman–Crippen MR) is 71.0 cm³/mol. The zero-order valence-corrected chi connectivity index (χ0v) is 11.7. The average molecular weight is 272 g/mol. The van der Waals surface area contributed by atoms with Crippen molar-refractivity contribution in [1.82, 2.24) is 10.6 Å². The van der Waals surface area contributed by atoms with Gasteiger partial charge in [0.1, 0.15) is 5.54 Å². The number of carboxylic acids is 1. The Bertz CT molecular complexity index is 322. The van der Waals surface area contributed by atoms with Crippen molar-refractivity contribution in [3.63, 3.8) is 0 Å². The summed E-state index contributed by atoms with van der Waals surface area (Å²) in [5.74, 6) is -1.00. The van der Waals surface area contributed by atoms with Crippen molar-refractivity contribution in [1.29, 1.82) is 0 Å². The fourth-order valence-corrected chi connectivity index (χ4v) is 2.53. The number of hydrogen-bond donors (Lipinski definition) is 3. The number of amides is 2. The smallest absolute Gasteiger partial charge is 0.329 e. The molecule has 2 amide bonds. The molecule has 0 aromatic heterocycles. The molecule has 0 aromatic carbocycles. The molecule has 1 aliphatic carbocycles. The largest absolute Gasteiger partial charge is 0.479 e. The Morgan fingerprint density at radius 2 is 2.16 bits per heavy atom. The molecule has 0 radical (unpaired) electrons. The van der Waals surface area contributed by atoms with Gasteiger partial charge in [0, 0.05) is 13.2 Å². The first-order valence-electron chi connectivity index (χ1n) is 6.90. The van der Waals surface area contributed by atoms with Crippen LogP contribution in [0.5, 0.6) is 0 Å². The van der Waals surface area contributed by atoms with Gasteiger partial charge >= 0.3 is 12.0 Å². The van der Waals surface area contributed by atoms with Gasteiger partial charge in [0.2, 0.25) is 0 Å². The summed E-state index contributed by atoms with van der Waals surface area (Å²) in [6.45, 7) is 5.17. The number of rotatable bonds is 6. The van der Waals surface area contributed by atoms with Crippen LogP contribution in [-0.4, -0.2) is 42.4 Å². The van der Waals surface area contributed by atoms with Crippen molar-refractivity contribution in [2.45, 2.75) is 45.1 Å². The maximum absolute atomic E-state index is 11.8. The maximum atomic E-state index is 11.8. The summed E-state index contributed by atoms with van der Waals surface area (Å²) in [5, 5.41) is 14.7. The molecule has 0 aliphatic heterocycles. The molecule has 0 bridgehead atoms. The van der Waals surface area contributed by atoms with E-state index >= 15 is 0 Å². The summed E-state index contributed by atoms with van der Waals surface area (Å²) in [6, 6.07) is -0.434. The van der Waals surface area contributed by atoms with Gasteiger partial charge in [-0.05, 0) is 25.7 Å². The number of aliphatic carboxylic acids is 1. The van der Waals surface area contributed by atoms with Crippen LogP contribution in [0.4, 0.5) is 4.79 Å². The zero-order valence-electron chi connectivity index (χ0n) is 11.7. The van der Waals surface area contributed by atoms with Gasteiger partial charge in [0.25, 0.3) is 0 Å². The van der Waals surface area contributed by atoms with Crippen LogP contribution < -0.4 is 10.6 Å². The lowest BCUT2D eigenvalue weighted by Gasteiger charge is -2.39. The number of carbonyl (C=O) groups is 2. The Morgan fingerprint density at radius 1 is 1.42 bits per heavy atom. The average Bonchev–Trinajstić information content (AvgIpc) is 2.37. The van der Waals surface area contributed by atoms with E-state index in [-0.39, 0.29) is 5.92 Å². The van der Waals surface area contributed by atoms with E-state index in [9.17, 15) is 14.7 Å². The third-order valence-corrected chi connectivity index (χ3v) is 3.75. The lowest BCUT2D eigenvalue weighted by molar-refractivity contribution is -0.148. The Labute approximate surface area is 113 Å². The molecule has 3 N–H and O–H groups in total. The summed E-state index contributed by atoms with van der Waals surface area (Å²) in [7, 11) is 0. The van der Waals surface area contributed by atoms with E-state index in [1.807, 2.05) is 13.8 Å². The van der Waals surface area contributed by atoms with Gasteiger partial charge in [-0.1, -0.05) is 19.8 Å². The van der Waals surface area contributed by atoms with Crippen molar-refractivity contribution in [2.24, 2.45) is 5.92 Å². The van der Waals surface area contributed by atoms with Gasteiger partial charge in [0.05, 0.1) is 6.61 Å². The predicted octanol–water partition coefficient (Wildman–Crippen LogP) is 1.36. The molecular formula is C13H24N2O4. The molecular weight excluding hydrogens is 248 g/mol. The molecule has 0 saturated heterocycles. The molecule has 2 atom stereocenters. The van der Waals surface area contributed by atoms with Crippen LogP contribution in [0.2, 0.25) is 0 Å². The third-order valence-electron chi connectivity index (χ3n) is 3.75. The van der Waals surface area contributed by atoms with E-state index in [0.717, 1.165) is 19.3 Å². The third kappa shape index (κ3) is 4.09. The first-order chi connectivity index (χ1) is 9.03. The molecule has 0 heterocycles. The molecule has 2 unspecified atom stereocenters. The van der Waals surface area contributed by atoms with E-state index in [0.29, 0.717) is 26.2 Å². The highest BCUT2D eigenvalue weighted by molar-refractivity contribution is 5.86. The molecule has 19 heavy (non-hydrogen) atoms. The van der Waals surface area contributed by atoms with E-state index in [1.54, 1.807) is 0 Å². The van der Waals surface area contributed by atoms with E-state index < -0.39 is 17.5 Å². The molecule has 6 heteroatoms. The highest BCUT2D eigenvalue weighted by Gasteiger charge is 2.46. The van der Waals surface area contributed by atoms with Crippen molar-refractivity contribution >= 4 is 12.0 Å². The molecule has 1 saturated carbocycles. The van der Waals surface area contributed by atoms with E-state index in [2.05, 4.69) is 10.6 Å². The van der Waals surface area contributed by atoms with Crippen LogP contribution in [0.1, 0.15) is 39.5 Å². The quantitative estimate of drug-likeness (QED) is 0.637. The molecule has 0 spiro atoms. The van der Waals surface area contributed by atoms with Gasteiger partial charge in [-0.3, -0.25) is 0 Å². The topological polar surface area (TPSA) is 87.7 Å². The first kappa shape index (κ1) is 15.8. The summed E-state index contributed by atoms with van der Waals surface area (Å²) in [6.07, 6.45) is 3.16. The summed E-state index contributed by atoms with van der Waals surface area (Å²) < 4.78 is 5.11. The highest BCUT2D eigenvalue weighted by Crippen LogP contribution is 2.33. The van der Waals surface area contributed by atoms with Gasteiger partial charge < -0.3 is 20.5 Å². The van der Waals surface area contributed by atoms with E-state index in [1.165, 1.54) is 0 Å². The van der Waals surface area contributed by atoms with Crippen molar-refractivity contribution < 1.29 is 19.4 Å². The fraction of sp³-hybridized carbons (Fsp3) is 0.846.